The van der Waals surface area contributed by atoms with Crippen molar-refractivity contribution >= 4 is 5.91 Å². The van der Waals surface area contributed by atoms with Crippen molar-refractivity contribution in [1.29, 1.82) is 0 Å². The lowest BCUT2D eigenvalue weighted by Gasteiger charge is -2.34. The highest BCUT2D eigenvalue weighted by atomic mass is 16.2. The molecule has 1 atom stereocenters. The van der Waals surface area contributed by atoms with E-state index in [1.165, 1.54) is 12.8 Å². The van der Waals surface area contributed by atoms with Gasteiger partial charge in [-0.1, -0.05) is 6.92 Å². The first-order chi connectivity index (χ1) is 7.31. The van der Waals surface area contributed by atoms with Crippen molar-refractivity contribution in [1.82, 2.24) is 15.1 Å². The Hall–Kier alpha value is -0.610. The summed E-state index contributed by atoms with van der Waals surface area (Å²) in [7, 11) is 0. The molecule has 0 aromatic heterocycles. The molecule has 2 fully saturated rings. The molecule has 2 rings (SSSR count). The van der Waals surface area contributed by atoms with Gasteiger partial charge in [-0.25, -0.2) is 0 Å². The summed E-state index contributed by atoms with van der Waals surface area (Å²) < 4.78 is 0. The lowest BCUT2D eigenvalue weighted by Crippen LogP contribution is -2.49. The summed E-state index contributed by atoms with van der Waals surface area (Å²) in [5.41, 5.74) is 0. The molecule has 15 heavy (non-hydrogen) atoms. The maximum absolute atomic E-state index is 11.8. The molecular formula is C11H21N3O. The summed E-state index contributed by atoms with van der Waals surface area (Å²) in [5, 5.41) is 3.35. The summed E-state index contributed by atoms with van der Waals surface area (Å²) in [6.07, 6.45) is 2.37. The molecule has 0 spiro atoms. The average molecular weight is 211 g/mol. The second-order valence-electron chi connectivity index (χ2n) is 4.44. The van der Waals surface area contributed by atoms with Gasteiger partial charge in [0.15, 0.2) is 0 Å². The first-order valence-electron chi connectivity index (χ1n) is 6.04. The molecule has 2 aliphatic heterocycles. The number of amides is 1. The van der Waals surface area contributed by atoms with Crippen LogP contribution in [0.4, 0.5) is 0 Å². The first-order valence-corrected chi connectivity index (χ1v) is 6.04. The van der Waals surface area contributed by atoms with E-state index in [-0.39, 0.29) is 0 Å². The van der Waals surface area contributed by atoms with E-state index in [1.807, 2.05) is 4.90 Å². The molecular weight excluding hydrogens is 190 g/mol. The van der Waals surface area contributed by atoms with Crippen LogP contribution in [0.5, 0.6) is 0 Å². The van der Waals surface area contributed by atoms with E-state index < -0.39 is 0 Å². The maximum atomic E-state index is 11.8. The third kappa shape index (κ3) is 2.49. The van der Waals surface area contributed by atoms with E-state index in [9.17, 15) is 4.79 Å². The highest BCUT2D eigenvalue weighted by Crippen LogP contribution is 2.11. The van der Waals surface area contributed by atoms with Crippen LogP contribution in [0.25, 0.3) is 0 Å². The summed E-state index contributed by atoms with van der Waals surface area (Å²) in [4.78, 5) is 16.1. The fourth-order valence-electron chi connectivity index (χ4n) is 2.29. The lowest BCUT2D eigenvalue weighted by molar-refractivity contribution is -0.136. The quantitative estimate of drug-likeness (QED) is 0.705. The van der Waals surface area contributed by atoms with E-state index >= 15 is 0 Å². The Morgan fingerprint density at radius 2 is 2.33 bits per heavy atom. The van der Waals surface area contributed by atoms with Crippen molar-refractivity contribution in [3.8, 4) is 0 Å². The molecule has 1 unspecified atom stereocenters. The minimum absolute atomic E-state index is 0.315. The Labute approximate surface area is 91.6 Å². The van der Waals surface area contributed by atoms with Crippen molar-refractivity contribution in [2.75, 3.05) is 39.3 Å². The molecule has 86 valence electrons. The number of likely N-dealkylation sites (N-methyl/N-ethyl adjacent to an activating group) is 1. The summed E-state index contributed by atoms with van der Waals surface area (Å²) in [6.45, 7) is 7.81. The molecule has 0 saturated carbocycles. The monoisotopic (exact) mass is 211 g/mol. The van der Waals surface area contributed by atoms with Crippen LogP contribution < -0.4 is 5.32 Å². The Bertz CT molecular complexity index is 222. The minimum Gasteiger partial charge on any atom is -0.341 e. The Balaban J connectivity index is 1.80. The molecule has 4 nitrogen and oxygen atoms in total. The van der Waals surface area contributed by atoms with Gasteiger partial charge in [0.1, 0.15) is 0 Å². The van der Waals surface area contributed by atoms with Crippen molar-refractivity contribution in [3.05, 3.63) is 0 Å². The first kappa shape index (κ1) is 10.9. The normalized spacial score (nSPS) is 25.7. The third-order valence-corrected chi connectivity index (χ3v) is 3.50. The van der Waals surface area contributed by atoms with E-state index in [4.69, 9.17) is 0 Å². The molecule has 4 heteroatoms. The number of rotatable bonds is 4. The Morgan fingerprint density at radius 3 is 2.80 bits per heavy atom. The van der Waals surface area contributed by atoms with Gasteiger partial charge in [-0.2, -0.15) is 0 Å². The predicted octanol–water partition coefficient (Wildman–Crippen LogP) is -0.0975. The number of hydrogen-bond donors (Lipinski definition) is 1. The fourth-order valence-corrected chi connectivity index (χ4v) is 2.29. The number of likely N-dealkylation sites (tertiary alicyclic amines) is 1. The van der Waals surface area contributed by atoms with E-state index in [2.05, 4.69) is 17.1 Å². The van der Waals surface area contributed by atoms with Crippen LogP contribution in [0.1, 0.15) is 19.8 Å². The van der Waals surface area contributed by atoms with Crippen LogP contribution in [-0.2, 0) is 4.79 Å². The molecule has 2 heterocycles. The van der Waals surface area contributed by atoms with E-state index in [1.54, 1.807) is 0 Å². The van der Waals surface area contributed by atoms with Gasteiger partial charge >= 0.3 is 0 Å². The molecule has 1 N–H and O–H groups in total. The zero-order chi connectivity index (χ0) is 10.7. The van der Waals surface area contributed by atoms with Crippen LogP contribution in [0.15, 0.2) is 0 Å². The van der Waals surface area contributed by atoms with Gasteiger partial charge in [-0.3, -0.25) is 9.69 Å². The van der Waals surface area contributed by atoms with Crippen LogP contribution in [0, 0.1) is 0 Å². The third-order valence-electron chi connectivity index (χ3n) is 3.50. The van der Waals surface area contributed by atoms with Crippen molar-refractivity contribution in [2.45, 2.75) is 25.8 Å². The van der Waals surface area contributed by atoms with Gasteiger partial charge in [-0.05, 0) is 25.9 Å². The second-order valence-corrected chi connectivity index (χ2v) is 4.44. The SMILES string of the molecule is CCN(CC(=O)N1CCC1)C1CCNC1. The molecule has 0 aromatic carbocycles. The fraction of sp³-hybridized carbons (Fsp3) is 0.909. The van der Waals surface area contributed by atoms with Gasteiger partial charge in [0.25, 0.3) is 0 Å². The zero-order valence-electron chi connectivity index (χ0n) is 9.54. The number of nitrogens with zero attached hydrogens (tertiary/aromatic N) is 2. The van der Waals surface area contributed by atoms with E-state index in [0.29, 0.717) is 18.5 Å². The topological polar surface area (TPSA) is 35.6 Å². The van der Waals surface area contributed by atoms with Gasteiger partial charge < -0.3 is 10.2 Å². The molecule has 1 amide bonds. The molecule has 2 aliphatic rings. The maximum Gasteiger partial charge on any atom is 0.236 e. The minimum atomic E-state index is 0.315. The Kier molecular flexibility index (Phi) is 3.59. The van der Waals surface area contributed by atoms with Gasteiger partial charge in [0.05, 0.1) is 6.54 Å². The van der Waals surface area contributed by atoms with Gasteiger partial charge in [0.2, 0.25) is 5.91 Å². The second kappa shape index (κ2) is 4.94. The average Bonchev–Trinajstić information content (AvgIpc) is 2.63. The molecule has 0 aromatic rings. The summed E-state index contributed by atoms with van der Waals surface area (Å²) >= 11 is 0. The highest BCUT2D eigenvalue weighted by molar-refractivity contribution is 5.79. The molecule has 2 saturated heterocycles. The number of hydrogen-bond acceptors (Lipinski definition) is 3. The highest BCUT2D eigenvalue weighted by Gasteiger charge is 2.26. The van der Waals surface area contributed by atoms with Crippen molar-refractivity contribution in [2.24, 2.45) is 0 Å². The van der Waals surface area contributed by atoms with Crippen molar-refractivity contribution < 1.29 is 4.79 Å². The number of carbonyl (C=O) groups is 1. The number of carbonyl (C=O) groups excluding carboxylic acids is 1. The van der Waals surface area contributed by atoms with E-state index in [0.717, 1.165) is 32.7 Å². The summed E-state index contributed by atoms with van der Waals surface area (Å²) in [5.74, 6) is 0.315. The van der Waals surface area contributed by atoms with Crippen LogP contribution in [0.2, 0.25) is 0 Å². The smallest absolute Gasteiger partial charge is 0.236 e. The lowest BCUT2D eigenvalue weighted by atomic mass is 10.2. The van der Waals surface area contributed by atoms with Crippen LogP contribution in [-0.4, -0.2) is 61.0 Å². The predicted molar refractivity (Wildman–Crippen MR) is 59.7 cm³/mol. The van der Waals surface area contributed by atoms with Gasteiger partial charge in [0, 0.05) is 25.7 Å². The summed E-state index contributed by atoms with van der Waals surface area (Å²) in [6, 6.07) is 0.570. The van der Waals surface area contributed by atoms with Crippen LogP contribution in [0.3, 0.4) is 0 Å². The molecule has 0 bridgehead atoms. The van der Waals surface area contributed by atoms with Crippen LogP contribution >= 0.6 is 0 Å². The van der Waals surface area contributed by atoms with Crippen molar-refractivity contribution in [3.63, 3.8) is 0 Å². The standard InChI is InChI=1S/C11H21N3O/c1-2-13(10-4-5-12-8-10)9-11(15)14-6-3-7-14/h10,12H,2-9H2,1H3. The molecule has 0 radical (unpaired) electrons. The largest absolute Gasteiger partial charge is 0.341 e. The zero-order valence-corrected chi connectivity index (χ0v) is 9.54. The number of nitrogens with one attached hydrogen (secondary N) is 1. The van der Waals surface area contributed by atoms with Gasteiger partial charge in [-0.15, -0.1) is 0 Å². The Morgan fingerprint density at radius 1 is 1.53 bits per heavy atom. The molecule has 0 aliphatic carbocycles.